The fourth-order valence-electron chi connectivity index (χ4n) is 2.09. The molecule has 0 radical (unpaired) electrons. The second-order valence-electron chi connectivity index (χ2n) is 4.36. The van der Waals surface area contributed by atoms with Gasteiger partial charge in [0.2, 0.25) is 0 Å². The van der Waals surface area contributed by atoms with Crippen molar-refractivity contribution >= 4 is 12.4 Å². The van der Waals surface area contributed by atoms with Gasteiger partial charge in [0.25, 0.3) is 0 Å². The highest BCUT2D eigenvalue weighted by atomic mass is 35.5. The Morgan fingerprint density at radius 2 is 1.65 bits per heavy atom. The average molecular weight is 258 g/mol. The first-order valence-electron chi connectivity index (χ1n) is 5.73. The molecule has 4 heteroatoms. The summed E-state index contributed by atoms with van der Waals surface area (Å²) in [4.78, 5) is 0. The minimum absolute atomic E-state index is 0. The first-order valence-corrected chi connectivity index (χ1v) is 5.73. The van der Waals surface area contributed by atoms with Gasteiger partial charge in [0.1, 0.15) is 11.5 Å². The molecule has 1 atom stereocenters. The van der Waals surface area contributed by atoms with Crippen LogP contribution < -0.4 is 15.2 Å². The van der Waals surface area contributed by atoms with E-state index in [1.807, 2.05) is 18.2 Å². The van der Waals surface area contributed by atoms with Gasteiger partial charge in [0, 0.05) is 12.1 Å². The third-order valence-electron chi connectivity index (χ3n) is 3.42. The maximum absolute atomic E-state index is 6.24. The lowest BCUT2D eigenvalue weighted by atomic mass is 9.77. The van der Waals surface area contributed by atoms with Gasteiger partial charge in [-0.1, -0.05) is 6.42 Å². The third-order valence-corrected chi connectivity index (χ3v) is 3.42. The van der Waals surface area contributed by atoms with E-state index >= 15 is 0 Å². The molecule has 96 valence electrons. The summed E-state index contributed by atoms with van der Waals surface area (Å²) in [5.74, 6) is 2.24. The lowest BCUT2D eigenvalue weighted by molar-refractivity contribution is 0.263. The van der Waals surface area contributed by atoms with Gasteiger partial charge >= 0.3 is 0 Å². The lowest BCUT2D eigenvalue weighted by Gasteiger charge is -2.31. The van der Waals surface area contributed by atoms with Gasteiger partial charge in [-0.2, -0.15) is 0 Å². The van der Waals surface area contributed by atoms with Gasteiger partial charge in [-0.05, 0) is 36.5 Å². The number of ether oxygens (including phenoxy) is 2. The van der Waals surface area contributed by atoms with Crippen LogP contribution in [-0.4, -0.2) is 14.2 Å². The Balaban J connectivity index is 0.00000144. The van der Waals surface area contributed by atoms with Gasteiger partial charge in [-0.15, -0.1) is 12.4 Å². The second-order valence-corrected chi connectivity index (χ2v) is 4.36. The second kappa shape index (κ2) is 6.12. The van der Waals surface area contributed by atoms with Crippen molar-refractivity contribution in [3.63, 3.8) is 0 Å². The fraction of sp³-hybridized carbons (Fsp3) is 0.538. The molecule has 0 heterocycles. The lowest BCUT2D eigenvalue weighted by Crippen LogP contribution is -2.26. The molecule has 1 fully saturated rings. The largest absolute Gasteiger partial charge is 0.497 e. The molecule has 0 aromatic heterocycles. The maximum Gasteiger partial charge on any atom is 0.122 e. The van der Waals surface area contributed by atoms with Crippen molar-refractivity contribution in [2.75, 3.05) is 14.2 Å². The first kappa shape index (κ1) is 14.1. The number of methoxy groups -OCH3 is 2. The van der Waals surface area contributed by atoms with Crippen LogP contribution >= 0.6 is 12.4 Å². The minimum Gasteiger partial charge on any atom is -0.497 e. The van der Waals surface area contributed by atoms with E-state index < -0.39 is 0 Å². The topological polar surface area (TPSA) is 44.5 Å². The van der Waals surface area contributed by atoms with Gasteiger partial charge in [0.15, 0.2) is 0 Å². The molecule has 1 aliphatic carbocycles. The molecule has 0 aliphatic heterocycles. The van der Waals surface area contributed by atoms with E-state index in [1.54, 1.807) is 14.2 Å². The Kier molecular flexibility index (Phi) is 5.09. The highest BCUT2D eigenvalue weighted by molar-refractivity contribution is 5.85. The van der Waals surface area contributed by atoms with Crippen molar-refractivity contribution in [1.82, 2.24) is 0 Å². The molecule has 0 amide bonds. The maximum atomic E-state index is 6.24. The van der Waals surface area contributed by atoms with Crippen molar-refractivity contribution in [2.45, 2.75) is 25.3 Å². The first-order chi connectivity index (χ1) is 7.74. The number of halogens is 1. The molecule has 1 saturated carbocycles. The summed E-state index contributed by atoms with van der Waals surface area (Å²) in [5, 5.41) is 0. The van der Waals surface area contributed by atoms with Gasteiger partial charge < -0.3 is 15.2 Å². The highest BCUT2D eigenvalue weighted by Crippen LogP contribution is 2.38. The normalized spacial score (nSPS) is 16.6. The van der Waals surface area contributed by atoms with Crippen LogP contribution in [-0.2, 0) is 0 Å². The van der Waals surface area contributed by atoms with Crippen LogP contribution in [0.2, 0.25) is 0 Å². The number of nitrogens with two attached hydrogens (primary N) is 1. The molecule has 0 saturated heterocycles. The summed E-state index contributed by atoms with van der Waals surface area (Å²) >= 11 is 0. The third kappa shape index (κ3) is 3.05. The van der Waals surface area contributed by atoms with Crippen LogP contribution in [0.3, 0.4) is 0 Å². The Morgan fingerprint density at radius 3 is 2.00 bits per heavy atom. The number of benzene rings is 1. The van der Waals surface area contributed by atoms with Crippen LogP contribution in [0.4, 0.5) is 0 Å². The zero-order valence-corrected chi connectivity index (χ0v) is 11.1. The molecular formula is C13H20ClNO2. The monoisotopic (exact) mass is 257 g/mol. The molecule has 17 heavy (non-hydrogen) atoms. The van der Waals surface area contributed by atoms with Crippen molar-refractivity contribution < 1.29 is 9.47 Å². The van der Waals surface area contributed by atoms with Crippen LogP contribution in [0.25, 0.3) is 0 Å². The molecule has 2 N–H and O–H groups in total. The summed E-state index contributed by atoms with van der Waals surface area (Å²) in [5.41, 5.74) is 7.35. The summed E-state index contributed by atoms with van der Waals surface area (Å²) in [6.45, 7) is 0. The summed E-state index contributed by atoms with van der Waals surface area (Å²) in [7, 11) is 3.32. The molecular weight excluding hydrogens is 238 g/mol. The average Bonchev–Trinajstić information content (AvgIpc) is 2.26. The van der Waals surface area contributed by atoms with Crippen molar-refractivity contribution in [3.8, 4) is 11.5 Å². The molecule has 1 aromatic carbocycles. The van der Waals surface area contributed by atoms with Gasteiger partial charge in [-0.25, -0.2) is 0 Å². The van der Waals surface area contributed by atoms with Crippen LogP contribution in [0.1, 0.15) is 30.9 Å². The van der Waals surface area contributed by atoms with E-state index in [4.69, 9.17) is 15.2 Å². The predicted molar refractivity (Wildman–Crippen MR) is 71.1 cm³/mol. The Labute approximate surface area is 109 Å². The van der Waals surface area contributed by atoms with Crippen molar-refractivity contribution in [1.29, 1.82) is 0 Å². The van der Waals surface area contributed by atoms with E-state index in [-0.39, 0.29) is 18.4 Å². The van der Waals surface area contributed by atoms with Crippen LogP contribution in [0.5, 0.6) is 11.5 Å². The van der Waals surface area contributed by atoms with Gasteiger partial charge in [-0.3, -0.25) is 0 Å². The summed E-state index contributed by atoms with van der Waals surface area (Å²) < 4.78 is 10.5. The molecule has 0 bridgehead atoms. The summed E-state index contributed by atoms with van der Waals surface area (Å²) in [6, 6.07) is 5.99. The van der Waals surface area contributed by atoms with E-state index in [1.165, 1.54) is 19.3 Å². The molecule has 1 aliphatic rings. The van der Waals surface area contributed by atoms with Crippen molar-refractivity contribution in [2.24, 2.45) is 11.7 Å². The molecule has 0 unspecified atom stereocenters. The van der Waals surface area contributed by atoms with Crippen LogP contribution in [0.15, 0.2) is 18.2 Å². The van der Waals surface area contributed by atoms with E-state index in [0.717, 1.165) is 17.1 Å². The smallest absolute Gasteiger partial charge is 0.122 e. The SMILES string of the molecule is COc1cc(OC)cc([C@H](N)C2CCC2)c1.Cl. The highest BCUT2D eigenvalue weighted by Gasteiger charge is 2.26. The predicted octanol–water partition coefficient (Wildman–Crippen LogP) is 2.93. The van der Waals surface area contributed by atoms with E-state index in [2.05, 4.69) is 0 Å². The number of hydrogen-bond donors (Lipinski definition) is 1. The zero-order valence-electron chi connectivity index (χ0n) is 10.3. The van der Waals surface area contributed by atoms with E-state index in [9.17, 15) is 0 Å². The van der Waals surface area contributed by atoms with E-state index in [0.29, 0.717) is 5.92 Å². The standard InChI is InChI=1S/C13H19NO2.ClH/c1-15-11-6-10(7-12(8-11)16-2)13(14)9-4-3-5-9;/h6-9,13H,3-5,14H2,1-2H3;1H/t13-;/m1./s1. The minimum atomic E-state index is 0. The quantitative estimate of drug-likeness (QED) is 0.902. The molecule has 1 aromatic rings. The number of rotatable bonds is 4. The van der Waals surface area contributed by atoms with Crippen LogP contribution in [0, 0.1) is 5.92 Å². The van der Waals surface area contributed by atoms with Crippen molar-refractivity contribution in [3.05, 3.63) is 23.8 Å². The Bertz CT molecular complexity index is 344. The molecule has 3 nitrogen and oxygen atoms in total. The van der Waals surface area contributed by atoms with Gasteiger partial charge in [0.05, 0.1) is 14.2 Å². The fourth-order valence-corrected chi connectivity index (χ4v) is 2.09. The zero-order chi connectivity index (χ0) is 11.5. The Hall–Kier alpha value is -0.930. The molecule has 2 rings (SSSR count). The molecule has 0 spiro atoms. The number of hydrogen-bond acceptors (Lipinski definition) is 3. The Morgan fingerprint density at radius 1 is 1.12 bits per heavy atom. The summed E-state index contributed by atoms with van der Waals surface area (Å²) in [6.07, 6.45) is 3.78.